The number of anilines is 1. The summed E-state index contributed by atoms with van der Waals surface area (Å²) in [5.74, 6) is -0.481. The second kappa shape index (κ2) is 10.6. The molecule has 34 heavy (non-hydrogen) atoms. The summed E-state index contributed by atoms with van der Waals surface area (Å²) in [6, 6.07) is 18.0. The highest BCUT2D eigenvalue weighted by atomic mass is 35.5. The van der Waals surface area contributed by atoms with Gasteiger partial charge < -0.3 is 5.32 Å². The van der Waals surface area contributed by atoms with Crippen molar-refractivity contribution in [3.63, 3.8) is 0 Å². The van der Waals surface area contributed by atoms with E-state index in [0.29, 0.717) is 5.56 Å². The average molecular weight is 511 g/mol. The summed E-state index contributed by atoms with van der Waals surface area (Å²) >= 11 is 5.58. The van der Waals surface area contributed by atoms with Gasteiger partial charge in [0.25, 0.3) is 0 Å². The van der Waals surface area contributed by atoms with E-state index in [2.05, 4.69) is 10.0 Å². The van der Waals surface area contributed by atoms with E-state index >= 15 is 0 Å². The molecular weight excluding hydrogens is 489 g/mol. The Labute approximate surface area is 201 Å². The minimum atomic E-state index is -4.63. The Kier molecular flexibility index (Phi) is 8.01. The van der Waals surface area contributed by atoms with E-state index in [-0.39, 0.29) is 23.4 Å². The number of carbonyl (C=O) groups is 1. The standard InChI is InChI=1S/C24H22ClF3N2O3S/c1-16(18-5-3-2-4-6-18)30-34(32,33)20-11-7-17(8-12-20)9-14-23(31)29-19-10-13-22(25)21(15-19)24(26,27)28/h2-8,10-13,15-16,30H,9,14H2,1H3,(H,29,31)/t16-/m1/s1. The highest BCUT2D eigenvalue weighted by Gasteiger charge is 2.33. The highest BCUT2D eigenvalue weighted by molar-refractivity contribution is 7.89. The van der Waals surface area contributed by atoms with Crippen molar-refractivity contribution in [2.24, 2.45) is 0 Å². The molecule has 0 fully saturated rings. The normalized spacial score (nSPS) is 12.9. The molecule has 0 aliphatic rings. The third kappa shape index (κ3) is 6.82. The minimum Gasteiger partial charge on any atom is -0.326 e. The van der Waals surface area contributed by atoms with Crippen molar-refractivity contribution < 1.29 is 26.4 Å². The molecule has 5 nitrogen and oxygen atoms in total. The maximum atomic E-state index is 13.0. The molecular formula is C24H22ClF3N2O3S. The smallest absolute Gasteiger partial charge is 0.326 e. The number of nitrogens with one attached hydrogen (secondary N) is 2. The lowest BCUT2D eigenvalue weighted by atomic mass is 10.1. The zero-order valence-electron chi connectivity index (χ0n) is 18.1. The molecule has 3 aromatic carbocycles. The Morgan fingerprint density at radius 2 is 1.65 bits per heavy atom. The number of rotatable bonds is 8. The monoisotopic (exact) mass is 510 g/mol. The molecule has 0 spiro atoms. The number of halogens is 4. The Balaban J connectivity index is 1.58. The van der Waals surface area contributed by atoms with Crippen LogP contribution in [0.15, 0.2) is 77.7 Å². The predicted octanol–water partition coefficient (Wildman–Crippen LogP) is 5.97. The van der Waals surface area contributed by atoms with Gasteiger partial charge in [0.05, 0.1) is 15.5 Å². The van der Waals surface area contributed by atoms with E-state index in [1.165, 1.54) is 18.2 Å². The first-order chi connectivity index (χ1) is 16.0. The first-order valence-corrected chi connectivity index (χ1v) is 12.1. The zero-order valence-corrected chi connectivity index (χ0v) is 19.6. The Bertz CT molecular complexity index is 1250. The van der Waals surface area contributed by atoms with Crippen LogP contribution in [0.25, 0.3) is 0 Å². The maximum absolute atomic E-state index is 13.0. The fourth-order valence-electron chi connectivity index (χ4n) is 3.25. The number of amides is 1. The molecule has 0 radical (unpaired) electrons. The van der Waals surface area contributed by atoms with Gasteiger partial charge in [-0.2, -0.15) is 13.2 Å². The quantitative estimate of drug-likeness (QED) is 0.392. The van der Waals surface area contributed by atoms with Gasteiger partial charge in [0.15, 0.2) is 0 Å². The lowest BCUT2D eigenvalue weighted by molar-refractivity contribution is -0.137. The van der Waals surface area contributed by atoms with Crippen molar-refractivity contribution in [2.75, 3.05) is 5.32 Å². The maximum Gasteiger partial charge on any atom is 0.417 e. The summed E-state index contributed by atoms with van der Waals surface area (Å²) in [6.07, 6.45) is -4.35. The van der Waals surface area contributed by atoms with Gasteiger partial charge in [-0.1, -0.05) is 54.1 Å². The largest absolute Gasteiger partial charge is 0.417 e. The topological polar surface area (TPSA) is 75.3 Å². The molecule has 3 aromatic rings. The minimum absolute atomic E-state index is 0.000629. The van der Waals surface area contributed by atoms with Crippen LogP contribution in [-0.2, 0) is 27.4 Å². The summed E-state index contributed by atoms with van der Waals surface area (Å²) in [7, 11) is -3.75. The van der Waals surface area contributed by atoms with Crippen molar-refractivity contribution in [3.05, 3.63) is 94.5 Å². The summed E-state index contributed by atoms with van der Waals surface area (Å²) < 4.78 is 66.8. The number of hydrogen-bond acceptors (Lipinski definition) is 3. The van der Waals surface area contributed by atoms with Crippen LogP contribution in [0, 0.1) is 0 Å². The van der Waals surface area contributed by atoms with E-state index in [1.54, 1.807) is 19.1 Å². The third-order valence-corrected chi connectivity index (χ3v) is 6.95. The first kappa shape index (κ1) is 25.7. The number of benzene rings is 3. The molecule has 0 aliphatic carbocycles. The van der Waals surface area contributed by atoms with Gasteiger partial charge >= 0.3 is 6.18 Å². The van der Waals surface area contributed by atoms with Crippen LogP contribution in [-0.4, -0.2) is 14.3 Å². The van der Waals surface area contributed by atoms with Crippen LogP contribution in [0.3, 0.4) is 0 Å². The van der Waals surface area contributed by atoms with E-state index in [1.807, 2.05) is 30.3 Å². The highest BCUT2D eigenvalue weighted by Crippen LogP contribution is 2.36. The second-order valence-electron chi connectivity index (χ2n) is 7.64. The SMILES string of the molecule is C[C@@H](NS(=O)(=O)c1ccc(CCC(=O)Nc2ccc(Cl)c(C(F)(F)F)c2)cc1)c1ccccc1. The van der Waals surface area contributed by atoms with E-state index in [9.17, 15) is 26.4 Å². The number of carbonyl (C=O) groups excluding carboxylic acids is 1. The molecule has 1 amide bonds. The molecule has 1 atom stereocenters. The van der Waals surface area contributed by atoms with Gasteiger partial charge in [-0.3, -0.25) is 4.79 Å². The fourth-order valence-corrected chi connectivity index (χ4v) is 4.70. The van der Waals surface area contributed by atoms with Crippen LogP contribution in [0.2, 0.25) is 5.02 Å². The van der Waals surface area contributed by atoms with Crippen molar-refractivity contribution in [2.45, 2.75) is 36.9 Å². The fraction of sp³-hybridized carbons (Fsp3) is 0.208. The van der Waals surface area contributed by atoms with E-state index in [0.717, 1.165) is 17.7 Å². The first-order valence-electron chi connectivity index (χ1n) is 10.3. The number of sulfonamides is 1. The average Bonchev–Trinajstić information content (AvgIpc) is 2.79. The van der Waals surface area contributed by atoms with E-state index < -0.39 is 38.7 Å². The Morgan fingerprint density at radius 3 is 2.26 bits per heavy atom. The molecule has 0 unspecified atom stereocenters. The lowest BCUT2D eigenvalue weighted by Gasteiger charge is -2.15. The molecule has 0 saturated heterocycles. The Morgan fingerprint density at radius 1 is 1.00 bits per heavy atom. The molecule has 2 N–H and O–H groups in total. The summed E-state index contributed by atoms with van der Waals surface area (Å²) in [6.45, 7) is 1.75. The zero-order chi connectivity index (χ0) is 24.9. The van der Waals surface area contributed by atoms with Gasteiger partial charge in [0, 0.05) is 18.2 Å². The number of aryl methyl sites for hydroxylation is 1. The molecule has 0 saturated carbocycles. The van der Waals surface area contributed by atoms with Crippen LogP contribution < -0.4 is 10.0 Å². The predicted molar refractivity (Wildman–Crippen MR) is 125 cm³/mol. The summed E-state index contributed by atoms with van der Waals surface area (Å²) in [5.41, 5.74) is 0.495. The number of hydrogen-bond donors (Lipinski definition) is 2. The lowest BCUT2D eigenvalue weighted by Crippen LogP contribution is -2.26. The van der Waals surface area contributed by atoms with Crippen molar-refractivity contribution in [1.29, 1.82) is 0 Å². The van der Waals surface area contributed by atoms with Crippen LogP contribution >= 0.6 is 11.6 Å². The van der Waals surface area contributed by atoms with Crippen LogP contribution in [0.1, 0.15) is 36.1 Å². The van der Waals surface area contributed by atoms with Crippen molar-refractivity contribution in [3.8, 4) is 0 Å². The molecule has 0 bridgehead atoms. The van der Waals surface area contributed by atoms with Crippen molar-refractivity contribution in [1.82, 2.24) is 4.72 Å². The molecule has 180 valence electrons. The summed E-state index contributed by atoms with van der Waals surface area (Å²) in [4.78, 5) is 12.3. The van der Waals surface area contributed by atoms with Crippen molar-refractivity contribution >= 4 is 33.2 Å². The van der Waals surface area contributed by atoms with Gasteiger partial charge in [-0.15, -0.1) is 0 Å². The summed E-state index contributed by atoms with van der Waals surface area (Å²) in [5, 5.41) is 1.97. The van der Waals surface area contributed by atoms with Gasteiger partial charge in [-0.05, 0) is 54.8 Å². The van der Waals surface area contributed by atoms with Gasteiger partial charge in [-0.25, -0.2) is 13.1 Å². The molecule has 0 aliphatic heterocycles. The second-order valence-corrected chi connectivity index (χ2v) is 9.76. The molecule has 0 heterocycles. The number of alkyl halides is 3. The molecule has 10 heteroatoms. The van der Waals surface area contributed by atoms with Gasteiger partial charge in [0.2, 0.25) is 15.9 Å². The van der Waals surface area contributed by atoms with Crippen LogP contribution in [0.4, 0.5) is 18.9 Å². The third-order valence-electron chi connectivity index (χ3n) is 5.06. The molecule has 3 rings (SSSR count). The van der Waals surface area contributed by atoms with Crippen LogP contribution in [0.5, 0.6) is 0 Å². The van der Waals surface area contributed by atoms with E-state index in [4.69, 9.17) is 11.6 Å². The molecule has 0 aromatic heterocycles. The Hall–Kier alpha value is -2.88. The van der Waals surface area contributed by atoms with Gasteiger partial charge in [0.1, 0.15) is 0 Å².